The predicted molar refractivity (Wildman–Crippen MR) is 91.3 cm³/mol. The largest absolute Gasteiger partial charge is 0.443 e. The maximum atomic E-state index is 12.5. The Balaban J connectivity index is 2.07. The van der Waals surface area contributed by atoms with E-state index in [-0.39, 0.29) is 12.1 Å². The highest BCUT2D eigenvalue weighted by molar-refractivity contribution is 5.87. The molecule has 0 radical (unpaired) electrons. The number of ether oxygens (including phenoxy) is 1. The second-order valence-corrected chi connectivity index (χ2v) is 6.85. The number of carbonyl (C=O) groups excluding carboxylic acids is 1. The molecule has 1 heterocycles. The first-order valence-corrected chi connectivity index (χ1v) is 7.82. The van der Waals surface area contributed by atoms with E-state index in [1.165, 1.54) is 0 Å². The molecule has 0 spiro atoms. The molecule has 1 aliphatic carbocycles. The highest BCUT2D eigenvalue weighted by Gasteiger charge is 2.26. The van der Waals surface area contributed by atoms with Gasteiger partial charge in [-0.2, -0.15) is 0 Å². The SMILES string of the molecule is CC(C)(C)OC(=O)n1ccc2c1C(c1ccccc1)=CC(N)C2. The van der Waals surface area contributed by atoms with Gasteiger partial charge in [-0.1, -0.05) is 36.4 Å². The maximum Gasteiger partial charge on any atom is 0.418 e. The number of hydrogen-bond acceptors (Lipinski definition) is 3. The molecule has 2 aromatic rings. The molecule has 2 N–H and O–H groups in total. The number of carbonyl (C=O) groups is 1. The van der Waals surface area contributed by atoms with Gasteiger partial charge in [0, 0.05) is 17.8 Å². The van der Waals surface area contributed by atoms with Crippen molar-refractivity contribution in [1.82, 2.24) is 4.57 Å². The van der Waals surface area contributed by atoms with E-state index >= 15 is 0 Å². The fourth-order valence-corrected chi connectivity index (χ4v) is 2.86. The summed E-state index contributed by atoms with van der Waals surface area (Å²) in [7, 11) is 0. The Bertz CT molecular complexity index is 751. The molecule has 23 heavy (non-hydrogen) atoms. The van der Waals surface area contributed by atoms with Crippen LogP contribution in [0.4, 0.5) is 4.79 Å². The van der Waals surface area contributed by atoms with E-state index in [9.17, 15) is 4.79 Å². The fraction of sp³-hybridized carbons (Fsp3) is 0.316. The third-order valence-electron chi connectivity index (χ3n) is 3.74. The van der Waals surface area contributed by atoms with Crippen molar-refractivity contribution in [3.05, 3.63) is 65.5 Å². The van der Waals surface area contributed by atoms with Gasteiger partial charge in [-0.15, -0.1) is 0 Å². The first-order chi connectivity index (χ1) is 10.8. The van der Waals surface area contributed by atoms with Gasteiger partial charge in [0.15, 0.2) is 0 Å². The molecule has 0 saturated heterocycles. The standard InChI is InChI=1S/C19H22N2O2/c1-19(2,3)23-18(22)21-10-9-14-11-15(20)12-16(17(14)21)13-7-5-4-6-8-13/h4-10,12,15H,11,20H2,1-3H3. The predicted octanol–water partition coefficient (Wildman–Crippen LogP) is 3.59. The van der Waals surface area contributed by atoms with E-state index in [0.29, 0.717) is 0 Å². The number of hydrogen-bond donors (Lipinski definition) is 1. The second-order valence-electron chi connectivity index (χ2n) is 6.85. The Hall–Kier alpha value is -2.33. The van der Waals surface area contributed by atoms with E-state index in [0.717, 1.165) is 28.8 Å². The van der Waals surface area contributed by atoms with Crippen LogP contribution in [0.3, 0.4) is 0 Å². The molecule has 4 nitrogen and oxygen atoms in total. The van der Waals surface area contributed by atoms with Crippen molar-refractivity contribution in [2.24, 2.45) is 5.73 Å². The van der Waals surface area contributed by atoms with Crippen LogP contribution in [0, 0.1) is 0 Å². The molecule has 0 saturated carbocycles. The second kappa shape index (κ2) is 5.70. The number of fused-ring (bicyclic) bond motifs is 1. The number of aromatic nitrogens is 1. The minimum atomic E-state index is -0.532. The van der Waals surface area contributed by atoms with E-state index in [2.05, 4.69) is 0 Å². The lowest BCUT2D eigenvalue weighted by molar-refractivity contribution is 0.0536. The summed E-state index contributed by atoms with van der Waals surface area (Å²) in [6.07, 6.45) is 4.16. The summed E-state index contributed by atoms with van der Waals surface area (Å²) in [5, 5.41) is 0. The summed E-state index contributed by atoms with van der Waals surface area (Å²) in [5.74, 6) is 0. The fourth-order valence-electron chi connectivity index (χ4n) is 2.86. The normalized spacial score (nSPS) is 17.4. The molecule has 1 atom stereocenters. The van der Waals surface area contributed by atoms with E-state index < -0.39 is 5.60 Å². The summed E-state index contributed by atoms with van der Waals surface area (Å²) in [6.45, 7) is 5.60. The van der Waals surface area contributed by atoms with Gasteiger partial charge in [0.1, 0.15) is 5.60 Å². The molecule has 0 fully saturated rings. The number of rotatable bonds is 1. The van der Waals surface area contributed by atoms with Gasteiger partial charge in [-0.3, -0.25) is 4.57 Å². The smallest absolute Gasteiger partial charge is 0.418 e. The molecule has 1 aliphatic rings. The van der Waals surface area contributed by atoms with Crippen LogP contribution in [0.15, 0.2) is 48.7 Å². The van der Waals surface area contributed by atoms with Gasteiger partial charge in [-0.05, 0) is 44.4 Å². The molecule has 0 aliphatic heterocycles. The Kier molecular flexibility index (Phi) is 3.86. The molecule has 1 unspecified atom stereocenters. The summed E-state index contributed by atoms with van der Waals surface area (Å²) >= 11 is 0. The molecular weight excluding hydrogens is 288 g/mol. The Morgan fingerprint density at radius 2 is 1.91 bits per heavy atom. The minimum absolute atomic E-state index is 0.0489. The Morgan fingerprint density at radius 3 is 2.57 bits per heavy atom. The molecule has 1 aromatic carbocycles. The van der Waals surface area contributed by atoms with Gasteiger partial charge < -0.3 is 10.5 Å². The van der Waals surface area contributed by atoms with Gasteiger partial charge in [0.05, 0.1) is 5.69 Å². The summed E-state index contributed by atoms with van der Waals surface area (Å²) in [5.41, 5.74) is 9.62. The highest BCUT2D eigenvalue weighted by atomic mass is 16.6. The average Bonchev–Trinajstić information content (AvgIpc) is 2.89. The lowest BCUT2D eigenvalue weighted by Crippen LogP contribution is -2.29. The lowest BCUT2D eigenvalue weighted by Gasteiger charge is -2.24. The Labute approximate surface area is 136 Å². The summed E-state index contributed by atoms with van der Waals surface area (Å²) in [6, 6.07) is 11.9. The van der Waals surface area contributed by atoms with Crippen LogP contribution in [-0.4, -0.2) is 22.3 Å². The van der Waals surface area contributed by atoms with Crippen molar-refractivity contribution >= 4 is 11.7 Å². The summed E-state index contributed by atoms with van der Waals surface area (Å²) in [4.78, 5) is 12.5. The van der Waals surface area contributed by atoms with Crippen molar-refractivity contribution in [3.63, 3.8) is 0 Å². The van der Waals surface area contributed by atoms with Crippen molar-refractivity contribution in [2.45, 2.75) is 38.8 Å². The van der Waals surface area contributed by atoms with Gasteiger partial charge in [0.25, 0.3) is 0 Å². The number of benzene rings is 1. The molecular formula is C19H22N2O2. The first kappa shape index (κ1) is 15.6. The molecule has 0 amide bonds. The average molecular weight is 310 g/mol. The van der Waals surface area contributed by atoms with Crippen LogP contribution in [-0.2, 0) is 11.2 Å². The van der Waals surface area contributed by atoms with Crippen molar-refractivity contribution in [1.29, 1.82) is 0 Å². The Morgan fingerprint density at radius 1 is 1.22 bits per heavy atom. The van der Waals surface area contributed by atoms with Crippen molar-refractivity contribution < 1.29 is 9.53 Å². The van der Waals surface area contributed by atoms with Crippen molar-refractivity contribution in [3.8, 4) is 0 Å². The topological polar surface area (TPSA) is 57.2 Å². The summed E-state index contributed by atoms with van der Waals surface area (Å²) < 4.78 is 7.11. The molecule has 4 heteroatoms. The van der Waals surface area contributed by atoms with Gasteiger partial charge in [-0.25, -0.2) is 4.79 Å². The van der Waals surface area contributed by atoms with Crippen LogP contribution >= 0.6 is 0 Å². The lowest BCUT2D eigenvalue weighted by atomic mass is 9.90. The van der Waals surface area contributed by atoms with Crippen LogP contribution in [0.5, 0.6) is 0 Å². The zero-order chi connectivity index (χ0) is 16.6. The van der Waals surface area contributed by atoms with E-state index in [1.807, 2.05) is 63.2 Å². The molecule has 1 aromatic heterocycles. The molecule has 0 bridgehead atoms. The quantitative estimate of drug-likeness (QED) is 0.875. The molecule has 120 valence electrons. The molecule has 3 rings (SSSR count). The van der Waals surface area contributed by atoms with Crippen molar-refractivity contribution in [2.75, 3.05) is 0 Å². The van der Waals surface area contributed by atoms with Gasteiger partial charge >= 0.3 is 6.09 Å². The zero-order valence-electron chi connectivity index (χ0n) is 13.7. The van der Waals surface area contributed by atoms with E-state index in [1.54, 1.807) is 10.8 Å². The third kappa shape index (κ3) is 3.22. The number of nitrogens with zero attached hydrogens (tertiary/aromatic N) is 1. The van der Waals surface area contributed by atoms with Crippen LogP contribution in [0.25, 0.3) is 5.57 Å². The van der Waals surface area contributed by atoms with Crippen LogP contribution < -0.4 is 5.73 Å². The number of nitrogens with two attached hydrogens (primary N) is 1. The monoisotopic (exact) mass is 310 g/mol. The van der Waals surface area contributed by atoms with Crippen LogP contribution in [0.2, 0.25) is 0 Å². The first-order valence-electron chi connectivity index (χ1n) is 7.82. The minimum Gasteiger partial charge on any atom is -0.443 e. The highest BCUT2D eigenvalue weighted by Crippen LogP contribution is 2.32. The van der Waals surface area contributed by atoms with Gasteiger partial charge in [0.2, 0.25) is 0 Å². The maximum absolute atomic E-state index is 12.5. The zero-order valence-corrected chi connectivity index (χ0v) is 13.7. The third-order valence-corrected chi connectivity index (χ3v) is 3.74. The van der Waals surface area contributed by atoms with Crippen LogP contribution in [0.1, 0.15) is 37.6 Å². The van der Waals surface area contributed by atoms with E-state index in [4.69, 9.17) is 10.5 Å².